The molecular weight excluding hydrogens is 306 g/mol. The van der Waals surface area contributed by atoms with E-state index in [0.717, 1.165) is 12.8 Å². The molecule has 0 spiro atoms. The molecule has 1 heterocycles. The predicted octanol–water partition coefficient (Wildman–Crippen LogP) is 2.87. The molecule has 0 aliphatic heterocycles. The lowest BCUT2D eigenvalue weighted by atomic mass is 10.2. The average molecular weight is 327 g/mol. The molecule has 2 amide bonds. The first-order valence-corrected chi connectivity index (χ1v) is 7.83. The number of anilines is 1. The summed E-state index contributed by atoms with van der Waals surface area (Å²) in [5.41, 5.74) is 1.19. The zero-order valence-corrected chi connectivity index (χ0v) is 13.8. The number of carbonyl (C=O) groups excluding carboxylic acids is 2. The van der Waals surface area contributed by atoms with Gasteiger partial charge >= 0.3 is 0 Å². The van der Waals surface area contributed by atoms with Gasteiger partial charge in [0.2, 0.25) is 0 Å². The Morgan fingerprint density at radius 3 is 2.75 bits per heavy atom. The van der Waals surface area contributed by atoms with Gasteiger partial charge in [0.25, 0.3) is 11.8 Å². The third-order valence-corrected chi connectivity index (χ3v) is 3.40. The van der Waals surface area contributed by atoms with Gasteiger partial charge in [-0.05, 0) is 30.7 Å². The molecule has 6 nitrogen and oxygen atoms in total. The van der Waals surface area contributed by atoms with Gasteiger partial charge in [-0.1, -0.05) is 19.4 Å². The highest BCUT2D eigenvalue weighted by atomic mass is 16.5. The highest BCUT2D eigenvalue weighted by molar-refractivity contribution is 6.04. The highest BCUT2D eigenvalue weighted by Gasteiger charge is 2.12. The van der Waals surface area contributed by atoms with Gasteiger partial charge < -0.3 is 15.4 Å². The molecule has 126 valence electrons. The number of pyridine rings is 1. The number of aromatic nitrogens is 1. The van der Waals surface area contributed by atoms with Gasteiger partial charge in [0, 0.05) is 30.1 Å². The Bertz CT molecular complexity index is 716. The molecular formula is C18H21N3O3. The van der Waals surface area contributed by atoms with Crippen molar-refractivity contribution in [1.29, 1.82) is 0 Å². The molecule has 0 fully saturated rings. The number of benzene rings is 1. The second-order valence-corrected chi connectivity index (χ2v) is 5.23. The SMILES string of the molecule is CCCCNC(=O)c1ccnc(C(=O)Nc2cccc(OC)c2)c1. The number of carbonyl (C=O) groups is 2. The van der Waals surface area contributed by atoms with Crippen LogP contribution in [0.1, 0.15) is 40.6 Å². The van der Waals surface area contributed by atoms with Crippen LogP contribution in [0, 0.1) is 0 Å². The predicted molar refractivity (Wildman–Crippen MR) is 92.4 cm³/mol. The maximum atomic E-state index is 12.3. The quantitative estimate of drug-likeness (QED) is 0.766. The molecule has 0 saturated heterocycles. The zero-order valence-electron chi connectivity index (χ0n) is 13.8. The third kappa shape index (κ3) is 4.81. The maximum absolute atomic E-state index is 12.3. The van der Waals surface area contributed by atoms with Gasteiger partial charge in [-0.2, -0.15) is 0 Å². The standard InChI is InChI=1S/C18H21N3O3/c1-3-4-9-20-17(22)13-8-10-19-16(11-13)18(23)21-14-6-5-7-15(12-14)24-2/h5-8,10-12H,3-4,9H2,1-2H3,(H,20,22)(H,21,23). The monoisotopic (exact) mass is 327 g/mol. The molecule has 24 heavy (non-hydrogen) atoms. The normalized spacial score (nSPS) is 10.1. The number of hydrogen-bond acceptors (Lipinski definition) is 4. The summed E-state index contributed by atoms with van der Waals surface area (Å²) in [6, 6.07) is 10.1. The first kappa shape index (κ1) is 17.5. The van der Waals surface area contributed by atoms with E-state index in [0.29, 0.717) is 23.5 Å². The van der Waals surface area contributed by atoms with Crippen molar-refractivity contribution < 1.29 is 14.3 Å². The van der Waals surface area contributed by atoms with E-state index in [2.05, 4.69) is 22.5 Å². The lowest BCUT2D eigenvalue weighted by Crippen LogP contribution is -2.25. The summed E-state index contributed by atoms with van der Waals surface area (Å²) in [7, 11) is 1.56. The Kier molecular flexibility index (Phi) is 6.31. The Morgan fingerprint density at radius 1 is 1.17 bits per heavy atom. The fourth-order valence-corrected chi connectivity index (χ4v) is 2.07. The summed E-state index contributed by atoms with van der Waals surface area (Å²) in [4.78, 5) is 28.4. The summed E-state index contributed by atoms with van der Waals surface area (Å²) in [6.45, 7) is 2.67. The second kappa shape index (κ2) is 8.67. The molecule has 0 radical (unpaired) electrons. The molecule has 0 atom stereocenters. The lowest BCUT2D eigenvalue weighted by Gasteiger charge is -2.08. The van der Waals surface area contributed by atoms with Crippen molar-refractivity contribution >= 4 is 17.5 Å². The number of ether oxygens (including phenoxy) is 1. The van der Waals surface area contributed by atoms with Crippen LogP contribution < -0.4 is 15.4 Å². The smallest absolute Gasteiger partial charge is 0.274 e. The minimum Gasteiger partial charge on any atom is -0.497 e. The zero-order chi connectivity index (χ0) is 17.4. The van der Waals surface area contributed by atoms with Crippen LogP contribution >= 0.6 is 0 Å². The van der Waals surface area contributed by atoms with Gasteiger partial charge in [0.15, 0.2) is 0 Å². The van der Waals surface area contributed by atoms with Crippen molar-refractivity contribution in [1.82, 2.24) is 10.3 Å². The van der Waals surface area contributed by atoms with E-state index in [1.54, 1.807) is 37.4 Å². The lowest BCUT2D eigenvalue weighted by molar-refractivity contribution is 0.0953. The first-order valence-electron chi connectivity index (χ1n) is 7.83. The van der Waals surface area contributed by atoms with Crippen LogP contribution in [-0.2, 0) is 0 Å². The molecule has 1 aromatic carbocycles. The number of nitrogens with one attached hydrogen (secondary N) is 2. The van der Waals surface area contributed by atoms with E-state index in [1.165, 1.54) is 12.3 Å². The molecule has 2 rings (SSSR count). The van der Waals surface area contributed by atoms with E-state index < -0.39 is 0 Å². The van der Waals surface area contributed by atoms with Gasteiger partial charge in [-0.15, -0.1) is 0 Å². The molecule has 2 aromatic rings. The summed E-state index contributed by atoms with van der Waals surface area (Å²) >= 11 is 0. The van der Waals surface area contributed by atoms with Crippen LogP contribution in [0.15, 0.2) is 42.6 Å². The topological polar surface area (TPSA) is 80.3 Å². The Labute approximate surface area is 141 Å². The average Bonchev–Trinajstić information content (AvgIpc) is 2.62. The van der Waals surface area contributed by atoms with Crippen molar-refractivity contribution in [2.24, 2.45) is 0 Å². The van der Waals surface area contributed by atoms with Crippen LogP contribution in [0.3, 0.4) is 0 Å². The molecule has 0 saturated carbocycles. The fraction of sp³-hybridized carbons (Fsp3) is 0.278. The van der Waals surface area contributed by atoms with Crippen molar-refractivity contribution in [3.63, 3.8) is 0 Å². The first-order chi connectivity index (χ1) is 11.6. The largest absolute Gasteiger partial charge is 0.497 e. The summed E-state index contributed by atoms with van der Waals surface area (Å²) < 4.78 is 5.12. The molecule has 2 N–H and O–H groups in total. The Balaban J connectivity index is 2.06. The molecule has 0 aliphatic carbocycles. The summed E-state index contributed by atoms with van der Waals surface area (Å²) in [5.74, 6) is 0.0533. The molecule has 0 unspecified atom stereocenters. The van der Waals surface area contributed by atoms with E-state index in [-0.39, 0.29) is 17.5 Å². The van der Waals surface area contributed by atoms with Crippen molar-refractivity contribution in [3.05, 3.63) is 53.9 Å². The van der Waals surface area contributed by atoms with Crippen LogP contribution in [0.4, 0.5) is 5.69 Å². The van der Waals surface area contributed by atoms with Crippen molar-refractivity contribution in [3.8, 4) is 5.75 Å². The van der Waals surface area contributed by atoms with Gasteiger partial charge in [0.05, 0.1) is 7.11 Å². The minimum absolute atomic E-state index is 0.181. The van der Waals surface area contributed by atoms with Gasteiger partial charge in [0.1, 0.15) is 11.4 Å². The van der Waals surface area contributed by atoms with E-state index in [9.17, 15) is 9.59 Å². The number of unbranched alkanes of at least 4 members (excludes halogenated alkanes) is 1. The summed E-state index contributed by atoms with van der Waals surface area (Å²) in [5, 5.41) is 5.55. The summed E-state index contributed by atoms with van der Waals surface area (Å²) in [6.07, 6.45) is 3.38. The fourth-order valence-electron chi connectivity index (χ4n) is 2.07. The van der Waals surface area contributed by atoms with Crippen LogP contribution in [0.25, 0.3) is 0 Å². The van der Waals surface area contributed by atoms with Crippen LogP contribution in [0.5, 0.6) is 5.75 Å². The molecule has 0 bridgehead atoms. The Morgan fingerprint density at radius 2 is 2.00 bits per heavy atom. The van der Waals surface area contributed by atoms with Crippen LogP contribution in [0.2, 0.25) is 0 Å². The van der Waals surface area contributed by atoms with Crippen molar-refractivity contribution in [2.45, 2.75) is 19.8 Å². The number of amides is 2. The van der Waals surface area contributed by atoms with E-state index >= 15 is 0 Å². The maximum Gasteiger partial charge on any atom is 0.274 e. The van der Waals surface area contributed by atoms with E-state index in [1.807, 2.05) is 0 Å². The van der Waals surface area contributed by atoms with E-state index in [4.69, 9.17) is 4.74 Å². The number of hydrogen-bond donors (Lipinski definition) is 2. The van der Waals surface area contributed by atoms with Crippen molar-refractivity contribution in [2.75, 3.05) is 19.0 Å². The number of methoxy groups -OCH3 is 1. The van der Waals surface area contributed by atoms with Crippen LogP contribution in [-0.4, -0.2) is 30.5 Å². The van der Waals surface area contributed by atoms with Gasteiger partial charge in [-0.3, -0.25) is 14.6 Å². The molecule has 1 aromatic heterocycles. The number of rotatable bonds is 7. The Hall–Kier alpha value is -2.89. The molecule has 6 heteroatoms. The number of nitrogens with zero attached hydrogens (tertiary/aromatic N) is 1. The van der Waals surface area contributed by atoms with Gasteiger partial charge in [-0.25, -0.2) is 0 Å². The minimum atomic E-state index is -0.383. The third-order valence-electron chi connectivity index (χ3n) is 3.40. The molecule has 0 aliphatic rings. The highest BCUT2D eigenvalue weighted by Crippen LogP contribution is 2.17. The second-order valence-electron chi connectivity index (χ2n) is 5.23.